The minimum Gasteiger partial charge on any atom is -0.352 e. The maximum Gasteiger partial charge on any atom is 0.224 e. The number of carbonyl (C=O) groups is 1. The van der Waals surface area contributed by atoms with Gasteiger partial charge in [0.2, 0.25) is 5.91 Å². The number of halogens is 1. The van der Waals surface area contributed by atoms with Gasteiger partial charge in [-0.15, -0.1) is 0 Å². The first-order valence-electron chi connectivity index (χ1n) is 7.23. The lowest BCUT2D eigenvalue weighted by Crippen LogP contribution is -2.25. The summed E-state index contributed by atoms with van der Waals surface area (Å²) in [5, 5.41) is 3.06. The molecule has 2 aromatic carbocycles. The van der Waals surface area contributed by atoms with Crippen molar-refractivity contribution in [3.63, 3.8) is 0 Å². The molecule has 1 N–H and O–H groups in total. The van der Waals surface area contributed by atoms with Gasteiger partial charge in [-0.3, -0.25) is 4.79 Å². The second-order valence-corrected chi connectivity index (χ2v) is 6.56. The number of amides is 1. The topological polar surface area (TPSA) is 29.1 Å². The summed E-state index contributed by atoms with van der Waals surface area (Å²) in [5.74, 6) is 0.691. The summed E-state index contributed by atoms with van der Waals surface area (Å²) in [4.78, 5) is 12.2. The van der Waals surface area contributed by atoms with Crippen LogP contribution in [-0.4, -0.2) is 5.91 Å². The van der Waals surface area contributed by atoms with Crippen molar-refractivity contribution in [2.75, 3.05) is 0 Å². The number of rotatable bonds is 4. The molecule has 3 rings (SSSR count). The van der Waals surface area contributed by atoms with Crippen molar-refractivity contribution in [1.82, 2.24) is 5.32 Å². The molecule has 1 aliphatic rings. The van der Waals surface area contributed by atoms with E-state index in [1.54, 1.807) is 0 Å². The van der Waals surface area contributed by atoms with E-state index in [1.807, 2.05) is 24.3 Å². The Bertz CT molecular complexity index is 651. The smallest absolute Gasteiger partial charge is 0.224 e. The summed E-state index contributed by atoms with van der Waals surface area (Å²) in [6.07, 6.45) is 0.960. The molecule has 2 atom stereocenters. The first-order valence-corrected chi connectivity index (χ1v) is 8.02. The van der Waals surface area contributed by atoms with Crippen LogP contribution in [0.4, 0.5) is 0 Å². The third kappa shape index (κ3) is 3.35. The third-order valence-corrected chi connectivity index (χ3v) is 4.67. The molecule has 0 aromatic heterocycles. The quantitative estimate of drug-likeness (QED) is 0.886. The Morgan fingerprint density at radius 3 is 2.62 bits per heavy atom. The molecule has 1 fully saturated rings. The van der Waals surface area contributed by atoms with Gasteiger partial charge >= 0.3 is 0 Å². The molecule has 21 heavy (non-hydrogen) atoms. The van der Waals surface area contributed by atoms with Gasteiger partial charge in [-0.1, -0.05) is 52.3 Å². The summed E-state index contributed by atoms with van der Waals surface area (Å²) in [7, 11) is 0. The van der Waals surface area contributed by atoms with Crippen LogP contribution >= 0.6 is 15.9 Å². The van der Waals surface area contributed by atoms with E-state index in [1.165, 1.54) is 16.7 Å². The molecule has 1 amide bonds. The summed E-state index contributed by atoms with van der Waals surface area (Å²) >= 11 is 3.44. The molecule has 0 aliphatic heterocycles. The standard InChI is InChI=1S/C18H18BrNO/c1-12-4-2-3-5-14(12)11-20-18(21)17-10-16(17)13-6-8-15(19)9-7-13/h2-9,16-17H,10-11H2,1H3,(H,20,21). The van der Waals surface area contributed by atoms with Crippen LogP contribution in [0.5, 0.6) is 0 Å². The van der Waals surface area contributed by atoms with Crippen molar-refractivity contribution < 1.29 is 4.79 Å². The zero-order chi connectivity index (χ0) is 14.8. The van der Waals surface area contributed by atoms with Gasteiger partial charge in [-0.05, 0) is 48.1 Å². The Morgan fingerprint density at radius 1 is 1.19 bits per heavy atom. The molecule has 1 aliphatic carbocycles. The predicted octanol–water partition coefficient (Wildman–Crippen LogP) is 4.18. The Balaban J connectivity index is 1.56. The van der Waals surface area contributed by atoms with E-state index in [-0.39, 0.29) is 11.8 Å². The molecule has 3 heteroatoms. The maximum absolute atomic E-state index is 12.2. The largest absolute Gasteiger partial charge is 0.352 e. The molecular weight excluding hydrogens is 326 g/mol. The number of benzene rings is 2. The second kappa shape index (κ2) is 6.02. The molecule has 0 bridgehead atoms. The Hall–Kier alpha value is -1.61. The molecule has 2 aromatic rings. The van der Waals surface area contributed by atoms with Crippen molar-refractivity contribution in [3.05, 3.63) is 69.7 Å². The predicted molar refractivity (Wildman–Crippen MR) is 88.0 cm³/mol. The van der Waals surface area contributed by atoms with Crippen molar-refractivity contribution >= 4 is 21.8 Å². The fraction of sp³-hybridized carbons (Fsp3) is 0.278. The zero-order valence-electron chi connectivity index (χ0n) is 12.0. The number of hydrogen-bond donors (Lipinski definition) is 1. The molecule has 2 unspecified atom stereocenters. The van der Waals surface area contributed by atoms with Crippen LogP contribution in [0.2, 0.25) is 0 Å². The first-order chi connectivity index (χ1) is 10.1. The normalized spacial score (nSPS) is 20.1. The molecular formula is C18H18BrNO. The molecule has 0 heterocycles. The summed E-state index contributed by atoms with van der Waals surface area (Å²) in [6.45, 7) is 2.69. The minimum atomic E-state index is 0.134. The number of carbonyl (C=O) groups excluding carboxylic acids is 1. The number of hydrogen-bond acceptors (Lipinski definition) is 1. The highest BCUT2D eigenvalue weighted by atomic mass is 79.9. The number of aryl methyl sites for hydroxylation is 1. The van der Waals surface area contributed by atoms with Crippen LogP contribution in [-0.2, 0) is 11.3 Å². The molecule has 0 saturated heterocycles. The lowest BCUT2D eigenvalue weighted by Gasteiger charge is -2.08. The van der Waals surface area contributed by atoms with Gasteiger partial charge in [0, 0.05) is 16.9 Å². The fourth-order valence-electron chi connectivity index (χ4n) is 2.69. The van der Waals surface area contributed by atoms with Crippen LogP contribution in [0.25, 0.3) is 0 Å². The fourth-order valence-corrected chi connectivity index (χ4v) is 2.95. The van der Waals surface area contributed by atoms with Gasteiger partial charge in [0.15, 0.2) is 0 Å². The van der Waals surface area contributed by atoms with E-state index >= 15 is 0 Å². The molecule has 0 radical (unpaired) electrons. The van der Waals surface area contributed by atoms with Gasteiger partial charge in [0.1, 0.15) is 0 Å². The first kappa shape index (κ1) is 14.3. The Kier molecular flexibility index (Phi) is 4.11. The Labute approximate surface area is 133 Å². The van der Waals surface area contributed by atoms with Crippen LogP contribution in [0, 0.1) is 12.8 Å². The van der Waals surface area contributed by atoms with Crippen LogP contribution in [0.15, 0.2) is 53.0 Å². The van der Waals surface area contributed by atoms with E-state index in [2.05, 4.69) is 52.4 Å². The van der Waals surface area contributed by atoms with Crippen molar-refractivity contribution in [2.24, 2.45) is 5.92 Å². The lowest BCUT2D eigenvalue weighted by atomic mass is 10.1. The minimum absolute atomic E-state index is 0.134. The van der Waals surface area contributed by atoms with Gasteiger partial charge < -0.3 is 5.32 Å². The monoisotopic (exact) mass is 343 g/mol. The molecule has 108 valence electrons. The number of nitrogens with one attached hydrogen (secondary N) is 1. The molecule has 0 spiro atoms. The van der Waals surface area contributed by atoms with Gasteiger partial charge in [0.25, 0.3) is 0 Å². The van der Waals surface area contributed by atoms with E-state index in [9.17, 15) is 4.79 Å². The van der Waals surface area contributed by atoms with Gasteiger partial charge in [-0.25, -0.2) is 0 Å². The third-order valence-electron chi connectivity index (χ3n) is 4.14. The highest BCUT2D eigenvalue weighted by molar-refractivity contribution is 9.10. The van der Waals surface area contributed by atoms with Crippen molar-refractivity contribution in [3.8, 4) is 0 Å². The van der Waals surface area contributed by atoms with E-state index < -0.39 is 0 Å². The van der Waals surface area contributed by atoms with Crippen molar-refractivity contribution in [1.29, 1.82) is 0 Å². The highest BCUT2D eigenvalue weighted by Gasteiger charge is 2.43. The Morgan fingerprint density at radius 2 is 1.90 bits per heavy atom. The SMILES string of the molecule is Cc1ccccc1CNC(=O)C1CC1c1ccc(Br)cc1. The summed E-state index contributed by atoms with van der Waals surface area (Å²) in [6, 6.07) is 16.4. The highest BCUT2D eigenvalue weighted by Crippen LogP contribution is 2.47. The van der Waals surface area contributed by atoms with E-state index in [4.69, 9.17) is 0 Å². The molecule has 1 saturated carbocycles. The zero-order valence-corrected chi connectivity index (χ0v) is 13.6. The van der Waals surface area contributed by atoms with Gasteiger partial charge in [0.05, 0.1) is 0 Å². The van der Waals surface area contributed by atoms with Crippen LogP contribution < -0.4 is 5.32 Å². The van der Waals surface area contributed by atoms with Gasteiger partial charge in [-0.2, -0.15) is 0 Å². The van der Waals surface area contributed by atoms with Crippen LogP contribution in [0.3, 0.4) is 0 Å². The molecule has 2 nitrogen and oxygen atoms in total. The average Bonchev–Trinajstić information content (AvgIpc) is 3.27. The van der Waals surface area contributed by atoms with E-state index in [0.717, 1.165) is 10.9 Å². The lowest BCUT2D eigenvalue weighted by molar-refractivity contribution is -0.122. The van der Waals surface area contributed by atoms with Crippen molar-refractivity contribution in [2.45, 2.75) is 25.8 Å². The maximum atomic E-state index is 12.2. The second-order valence-electron chi connectivity index (χ2n) is 5.64. The summed E-state index contributed by atoms with van der Waals surface area (Å²) < 4.78 is 1.08. The van der Waals surface area contributed by atoms with Crippen LogP contribution in [0.1, 0.15) is 29.0 Å². The summed E-state index contributed by atoms with van der Waals surface area (Å²) in [5.41, 5.74) is 3.67. The van der Waals surface area contributed by atoms with E-state index in [0.29, 0.717) is 12.5 Å². The average molecular weight is 344 g/mol.